The molecule has 19 heavy (non-hydrogen) atoms. The third-order valence-electron chi connectivity index (χ3n) is 4.74. The lowest BCUT2D eigenvalue weighted by Crippen LogP contribution is -2.49. The molecule has 2 aliphatic carbocycles. The smallest absolute Gasteiger partial charge is 0.224 e. The van der Waals surface area contributed by atoms with Crippen LogP contribution in [-0.2, 0) is 4.79 Å². The van der Waals surface area contributed by atoms with Gasteiger partial charge in [-0.2, -0.15) is 11.8 Å². The van der Waals surface area contributed by atoms with Crippen molar-refractivity contribution in [2.24, 2.45) is 11.7 Å². The summed E-state index contributed by atoms with van der Waals surface area (Å²) in [6.07, 6.45) is 12.6. The summed E-state index contributed by atoms with van der Waals surface area (Å²) < 4.78 is 0. The maximum Gasteiger partial charge on any atom is 0.224 e. The highest BCUT2D eigenvalue weighted by molar-refractivity contribution is 7.99. The van der Waals surface area contributed by atoms with Crippen LogP contribution in [0.1, 0.15) is 57.8 Å². The lowest BCUT2D eigenvalue weighted by Gasteiger charge is -2.33. The van der Waals surface area contributed by atoms with Crippen molar-refractivity contribution in [3.63, 3.8) is 0 Å². The average Bonchev–Trinajstić information content (AvgIpc) is 2.64. The average molecular weight is 284 g/mol. The Morgan fingerprint density at radius 2 is 1.74 bits per heavy atom. The normalized spacial score (nSPS) is 36.5. The number of carbonyl (C=O) groups excluding carboxylic acids is 1. The van der Waals surface area contributed by atoms with Crippen molar-refractivity contribution in [3.8, 4) is 0 Å². The lowest BCUT2D eigenvalue weighted by molar-refractivity contribution is -0.126. The van der Waals surface area contributed by atoms with E-state index in [2.05, 4.69) is 11.6 Å². The molecule has 2 aliphatic rings. The largest absolute Gasteiger partial charge is 0.352 e. The molecule has 2 rings (SSSR count). The standard InChI is InChI=1S/C15H28N2OS/c1-19-14-10-6-5-9-13(14)17-15(18)11-7-3-2-4-8-12(11)16/h11-14H,2-10,16H2,1H3,(H,17,18). The van der Waals surface area contributed by atoms with Crippen LogP contribution in [0.4, 0.5) is 0 Å². The number of hydrogen-bond acceptors (Lipinski definition) is 3. The number of amides is 1. The summed E-state index contributed by atoms with van der Waals surface area (Å²) in [6, 6.07) is 0.436. The van der Waals surface area contributed by atoms with Gasteiger partial charge in [0.25, 0.3) is 0 Å². The maximum absolute atomic E-state index is 12.5. The van der Waals surface area contributed by atoms with Gasteiger partial charge in [0.15, 0.2) is 0 Å². The Morgan fingerprint density at radius 1 is 1.05 bits per heavy atom. The Bertz CT molecular complexity index is 298. The van der Waals surface area contributed by atoms with Crippen LogP contribution in [0.15, 0.2) is 0 Å². The van der Waals surface area contributed by atoms with Crippen LogP contribution in [0.2, 0.25) is 0 Å². The fourth-order valence-electron chi connectivity index (χ4n) is 3.50. The molecule has 0 saturated heterocycles. The van der Waals surface area contributed by atoms with E-state index in [0.717, 1.165) is 25.7 Å². The molecule has 0 heterocycles. The Hall–Kier alpha value is -0.220. The van der Waals surface area contributed by atoms with E-state index < -0.39 is 0 Å². The van der Waals surface area contributed by atoms with E-state index in [-0.39, 0.29) is 17.9 Å². The lowest BCUT2D eigenvalue weighted by atomic mass is 9.91. The van der Waals surface area contributed by atoms with Crippen molar-refractivity contribution in [2.45, 2.75) is 75.1 Å². The number of carbonyl (C=O) groups is 1. The predicted octanol–water partition coefficient (Wildman–Crippen LogP) is 2.68. The Labute approximate surface area is 121 Å². The summed E-state index contributed by atoms with van der Waals surface area (Å²) in [7, 11) is 0. The SMILES string of the molecule is CSC1CCCCC1NC(=O)C1CCCCCC1N. The molecule has 0 aromatic rings. The van der Waals surface area contributed by atoms with Crippen molar-refractivity contribution in [1.82, 2.24) is 5.32 Å². The molecule has 0 aromatic heterocycles. The summed E-state index contributed by atoms with van der Waals surface area (Å²) in [5, 5.41) is 3.90. The van der Waals surface area contributed by atoms with Crippen molar-refractivity contribution in [2.75, 3.05) is 6.26 Å². The second-order valence-electron chi connectivity index (χ2n) is 6.08. The van der Waals surface area contributed by atoms with Gasteiger partial charge < -0.3 is 11.1 Å². The molecule has 4 atom stereocenters. The molecule has 4 heteroatoms. The highest BCUT2D eigenvalue weighted by Gasteiger charge is 2.31. The zero-order valence-electron chi connectivity index (χ0n) is 12.1. The Balaban J connectivity index is 1.91. The Kier molecular flexibility index (Phi) is 6.02. The zero-order valence-corrected chi connectivity index (χ0v) is 12.9. The van der Waals surface area contributed by atoms with Gasteiger partial charge in [0.2, 0.25) is 5.91 Å². The maximum atomic E-state index is 12.5. The van der Waals surface area contributed by atoms with Crippen LogP contribution in [0.3, 0.4) is 0 Å². The van der Waals surface area contributed by atoms with Gasteiger partial charge in [0.1, 0.15) is 0 Å². The minimum absolute atomic E-state index is 0.0481. The molecule has 0 bridgehead atoms. The predicted molar refractivity (Wildman–Crippen MR) is 82.3 cm³/mol. The minimum Gasteiger partial charge on any atom is -0.352 e. The summed E-state index contributed by atoms with van der Waals surface area (Å²) in [4.78, 5) is 12.5. The first-order chi connectivity index (χ1) is 9.22. The third-order valence-corrected chi connectivity index (χ3v) is 5.91. The molecule has 110 valence electrons. The third kappa shape index (κ3) is 4.12. The van der Waals surface area contributed by atoms with Gasteiger partial charge in [-0.15, -0.1) is 0 Å². The van der Waals surface area contributed by atoms with Crippen LogP contribution in [0, 0.1) is 5.92 Å². The summed E-state index contributed by atoms with van der Waals surface area (Å²) in [6.45, 7) is 0. The van der Waals surface area contributed by atoms with Crippen LogP contribution in [0.5, 0.6) is 0 Å². The van der Waals surface area contributed by atoms with E-state index in [4.69, 9.17) is 5.73 Å². The second kappa shape index (κ2) is 7.53. The van der Waals surface area contributed by atoms with E-state index in [1.807, 2.05) is 11.8 Å². The molecule has 3 N–H and O–H groups in total. The van der Waals surface area contributed by atoms with Crippen molar-refractivity contribution in [1.29, 1.82) is 0 Å². The van der Waals surface area contributed by atoms with Gasteiger partial charge in [-0.1, -0.05) is 32.1 Å². The molecule has 0 radical (unpaired) electrons. The Morgan fingerprint density at radius 3 is 2.53 bits per heavy atom. The summed E-state index contributed by atoms with van der Waals surface area (Å²) in [5.74, 6) is 0.271. The van der Waals surface area contributed by atoms with Crippen LogP contribution >= 0.6 is 11.8 Å². The molecular weight excluding hydrogens is 256 g/mol. The first kappa shape index (κ1) is 15.2. The molecular formula is C15H28N2OS. The quantitative estimate of drug-likeness (QED) is 0.783. The van der Waals surface area contributed by atoms with Crippen LogP contribution in [-0.4, -0.2) is 29.5 Å². The topological polar surface area (TPSA) is 55.1 Å². The monoisotopic (exact) mass is 284 g/mol. The van der Waals surface area contributed by atoms with E-state index in [9.17, 15) is 4.79 Å². The fourth-order valence-corrected chi connectivity index (χ4v) is 4.43. The van der Waals surface area contributed by atoms with Gasteiger partial charge in [0.05, 0.1) is 5.92 Å². The highest BCUT2D eigenvalue weighted by atomic mass is 32.2. The molecule has 2 fully saturated rings. The van der Waals surface area contributed by atoms with Gasteiger partial charge in [-0.25, -0.2) is 0 Å². The molecule has 1 amide bonds. The van der Waals surface area contributed by atoms with Crippen LogP contribution < -0.4 is 11.1 Å². The summed E-state index contributed by atoms with van der Waals surface area (Å²) >= 11 is 1.90. The van der Waals surface area contributed by atoms with E-state index in [0.29, 0.717) is 11.3 Å². The van der Waals surface area contributed by atoms with Crippen molar-refractivity contribution < 1.29 is 4.79 Å². The van der Waals surface area contributed by atoms with Crippen molar-refractivity contribution >= 4 is 17.7 Å². The molecule has 2 saturated carbocycles. The van der Waals surface area contributed by atoms with Gasteiger partial charge in [-0.3, -0.25) is 4.79 Å². The fraction of sp³-hybridized carbons (Fsp3) is 0.933. The van der Waals surface area contributed by atoms with Gasteiger partial charge >= 0.3 is 0 Å². The molecule has 3 nitrogen and oxygen atoms in total. The number of rotatable bonds is 3. The van der Waals surface area contributed by atoms with Gasteiger partial charge in [0, 0.05) is 17.3 Å². The first-order valence-electron chi connectivity index (χ1n) is 7.81. The first-order valence-corrected chi connectivity index (χ1v) is 9.10. The highest BCUT2D eigenvalue weighted by Crippen LogP contribution is 2.28. The minimum atomic E-state index is 0.0481. The molecule has 4 unspecified atom stereocenters. The molecule has 0 spiro atoms. The van der Waals surface area contributed by atoms with Crippen molar-refractivity contribution in [3.05, 3.63) is 0 Å². The number of nitrogens with two attached hydrogens (primary N) is 1. The molecule has 0 aliphatic heterocycles. The van der Waals surface area contributed by atoms with E-state index in [1.54, 1.807) is 0 Å². The van der Waals surface area contributed by atoms with Gasteiger partial charge in [-0.05, 0) is 31.9 Å². The van der Waals surface area contributed by atoms with E-state index in [1.165, 1.54) is 32.1 Å². The summed E-state index contributed by atoms with van der Waals surface area (Å²) in [5.41, 5.74) is 6.19. The number of nitrogens with one attached hydrogen (secondary N) is 1. The zero-order chi connectivity index (χ0) is 13.7. The van der Waals surface area contributed by atoms with E-state index >= 15 is 0 Å². The second-order valence-corrected chi connectivity index (χ2v) is 7.16. The number of hydrogen-bond donors (Lipinski definition) is 2. The number of thioether (sulfide) groups is 1. The van der Waals surface area contributed by atoms with Crippen LogP contribution in [0.25, 0.3) is 0 Å². The molecule has 0 aromatic carbocycles.